The predicted octanol–water partition coefficient (Wildman–Crippen LogP) is 1.27. The number of nitrogens with one attached hydrogen (secondary N) is 1. The van der Waals surface area contributed by atoms with E-state index >= 15 is 0 Å². The summed E-state index contributed by atoms with van der Waals surface area (Å²) >= 11 is 0. The van der Waals surface area contributed by atoms with E-state index < -0.39 is 6.04 Å². The molecule has 5 nitrogen and oxygen atoms in total. The quantitative estimate of drug-likeness (QED) is 0.870. The largest absolute Gasteiger partial charge is 0.508 e. The van der Waals surface area contributed by atoms with Crippen LogP contribution in [0.1, 0.15) is 25.8 Å². The maximum absolute atomic E-state index is 12.4. The second-order valence-electron chi connectivity index (χ2n) is 5.29. The van der Waals surface area contributed by atoms with Crippen molar-refractivity contribution < 1.29 is 14.7 Å². The molecule has 0 saturated carbocycles. The fourth-order valence-electron chi connectivity index (χ4n) is 2.36. The van der Waals surface area contributed by atoms with Gasteiger partial charge in [-0.3, -0.25) is 9.59 Å². The number of rotatable bonds is 4. The first kappa shape index (κ1) is 14.4. The molecule has 2 amide bonds. The summed E-state index contributed by atoms with van der Waals surface area (Å²) in [6.45, 7) is 4.37. The zero-order valence-corrected chi connectivity index (χ0v) is 11.8. The molecule has 2 atom stereocenters. The molecular formula is C15H20N2O3. The van der Waals surface area contributed by atoms with Gasteiger partial charge in [-0.25, -0.2) is 0 Å². The van der Waals surface area contributed by atoms with Gasteiger partial charge in [0.25, 0.3) is 0 Å². The average Bonchev–Trinajstić information content (AvgIpc) is 2.41. The van der Waals surface area contributed by atoms with E-state index in [1.807, 2.05) is 19.9 Å². The fourth-order valence-corrected chi connectivity index (χ4v) is 2.36. The molecule has 2 rings (SSSR count). The highest BCUT2D eigenvalue weighted by Crippen LogP contribution is 2.18. The van der Waals surface area contributed by atoms with Crippen molar-refractivity contribution in [2.24, 2.45) is 5.92 Å². The molecule has 0 radical (unpaired) electrons. The predicted molar refractivity (Wildman–Crippen MR) is 74.9 cm³/mol. The zero-order chi connectivity index (χ0) is 14.7. The molecule has 1 aromatic carbocycles. The molecular weight excluding hydrogens is 256 g/mol. The van der Waals surface area contributed by atoms with Gasteiger partial charge in [-0.2, -0.15) is 0 Å². The number of phenols is 1. The Morgan fingerprint density at radius 2 is 2.20 bits per heavy atom. The second-order valence-corrected chi connectivity index (χ2v) is 5.29. The standard InChI is InChI=1S/C15H20N2O3/c1-3-10(2)14-15(20)17(9-13(19)16-14)8-11-5-4-6-12(18)7-11/h4-7,10,14,18H,3,8-9H2,1-2H3,(H,16,19). The number of carbonyl (C=O) groups excluding carboxylic acids is 2. The van der Waals surface area contributed by atoms with E-state index in [4.69, 9.17) is 0 Å². The maximum atomic E-state index is 12.4. The number of aromatic hydroxyl groups is 1. The van der Waals surface area contributed by atoms with Crippen LogP contribution in [0.15, 0.2) is 24.3 Å². The van der Waals surface area contributed by atoms with Crippen LogP contribution in [0, 0.1) is 5.92 Å². The summed E-state index contributed by atoms with van der Waals surface area (Å²) < 4.78 is 0. The summed E-state index contributed by atoms with van der Waals surface area (Å²) in [7, 11) is 0. The van der Waals surface area contributed by atoms with Crippen molar-refractivity contribution in [1.82, 2.24) is 10.2 Å². The topological polar surface area (TPSA) is 69.6 Å². The maximum Gasteiger partial charge on any atom is 0.246 e. The van der Waals surface area contributed by atoms with Crippen molar-refractivity contribution in [2.45, 2.75) is 32.9 Å². The van der Waals surface area contributed by atoms with Crippen molar-refractivity contribution in [1.29, 1.82) is 0 Å². The van der Waals surface area contributed by atoms with Crippen LogP contribution in [0.2, 0.25) is 0 Å². The first-order valence-corrected chi connectivity index (χ1v) is 6.87. The van der Waals surface area contributed by atoms with Crippen LogP contribution in [0.5, 0.6) is 5.75 Å². The Bertz CT molecular complexity index is 516. The Kier molecular flexibility index (Phi) is 4.27. The zero-order valence-electron chi connectivity index (χ0n) is 11.8. The van der Waals surface area contributed by atoms with E-state index in [1.165, 1.54) is 0 Å². The Morgan fingerprint density at radius 3 is 2.85 bits per heavy atom. The molecule has 1 saturated heterocycles. The van der Waals surface area contributed by atoms with Crippen molar-refractivity contribution in [3.63, 3.8) is 0 Å². The summed E-state index contributed by atoms with van der Waals surface area (Å²) in [6.07, 6.45) is 0.830. The number of hydrogen-bond donors (Lipinski definition) is 2. The Balaban J connectivity index is 2.14. The first-order chi connectivity index (χ1) is 9.51. The lowest BCUT2D eigenvalue weighted by Crippen LogP contribution is -2.59. The third kappa shape index (κ3) is 3.10. The number of hydrogen-bond acceptors (Lipinski definition) is 3. The molecule has 0 aliphatic carbocycles. The van der Waals surface area contributed by atoms with Crippen LogP contribution in [0.25, 0.3) is 0 Å². The fraction of sp³-hybridized carbons (Fsp3) is 0.467. The van der Waals surface area contributed by atoms with Crippen molar-refractivity contribution in [3.05, 3.63) is 29.8 Å². The number of nitrogens with zero attached hydrogens (tertiary/aromatic N) is 1. The summed E-state index contributed by atoms with van der Waals surface area (Å²) in [5, 5.41) is 12.2. The smallest absolute Gasteiger partial charge is 0.246 e. The van der Waals surface area contributed by atoms with E-state index in [-0.39, 0.29) is 30.0 Å². The van der Waals surface area contributed by atoms with Gasteiger partial charge in [0.05, 0.1) is 6.54 Å². The van der Waals surface area contributed by atoms with Gasteiger partial charge in [-0.05, 0) is 23.6 Å². The first-order valence-electron chi connectivity index (χ1n) is 6.87. The minimum Gasteiger partial charge on any atom is -0.508 e. The van der Waals surface area contributed by atoms with Gasteiger partial charge in [0, 0.05) is 6.54 Å². The van der Waals surface area contributed by atoms with Gasteiger partial charge >= 0.3 is 0 Å². The summed E-state index contributed by atoms with van der Waals surface area (Å²) in [4.78, 5) is 25.7. The minimum atomic E-state index is -0.446. The Morgan fingerprint density at radius 1 is 1.45 bits per heavy atom. The van der Waals surface area contributed by atoms with Crippen LogP contribution in [-0.4, -0.2) is 34.4 Å². The summed E-state index contributed by atoms with van der Waals surface area (Å²) in [5.74, 6) is 0.0886. The molecule has 0 aromatic heterocycles. The van der Waals surface area contributed by atoms with Gasteiger partial charge in [0.2, 0.25) is 11.8 Å². The highest BCUT2D eigenvalue weighted by atomic mass is 16.3. The summed E-state index contributed by atoms with van der Waals surface area (Å²) in [6, 6.07) is 6.30. The molecule has 0 bridgehead atoms. The van der Waals surface area contributed by atoms with Crippen LogP contribution in [-0.2, 0) is 16.1 Å². The van der Waals surface area contributed by atoms with Crippen LogP contribution in [0.3, 0.4) is 0 Å². The number of piperazine rings is 1. The normalized spacial score (nSPS) is 20.7. The second kappa shape index (κ2) is 5.94. The number of amides is 2. The monoisotopic (exact) mass is 276 g/mol. The minimum absolute atomic E-state index is 0.0534. The van der Waals surface area contributed by atoms with E-state index in [2.05, 4.69) is 5.32 Å². The van der Waals surface area contributed by atoms with Gasteiger partial charge < -0.3 is 15.3 Å². The van der Waals surface area contributed by atoms with Gasteiger partial charge in [-0.15, -0.1) is 0 Å². The van der Waals surface area contributed by atoms with Crippen molar-refractivity contribution in [3.8, 4) is 5.75 Å². The molecule has 108 valence electrons. The van der Waals surface area contributed by atoms with Crippen LogP contribution in [0.4, 0.5) is 0 Å². The molecule has 1 heterocycles. The van der Waals surface area contributed by atoms with Crippen LogP contribution < -0.4 is 5.32 Å². The molecule has 2 unspecified atom stereocenters. The lowest BCUT2D eigenvalue weighted by Gasteiger charge is -2.35. The van der Waals surface area contributed by atoms with E-state index in [9.17, 15) is 14.7 Å². The van der Waals surface area contributed by atoms with Crippen molar-refractivity contribution >= 4 is 11.8 Å². The van der Waals surface area contributed by atoms with Gasteiger partial charge in [-0.1, -0.05) is 32.4 Å². The van der Waals surface area contributed by atoms with Gasteiger partial charge in [0.15, 0.2) is 0 Å². The molecule has 0 spiro atoms. The van der Waals surface area contributed by atoms with Crippen molar-refractivity contribution in [2.75, 3.05) is 6.54 Å². The highest BCUT2D eigenvalue weighted by molar-refractivity contribution is 5.95. The molecule has 20 heavy (non-hydrogen) atoms. The number of carbonyl (C=O) groups is 2. The molecule has 1 aliphatic rings. The Labute approximate surface area is 118 Å². The van der Waals surface area contributed by atoms with E-state index in [1.54, 1.807) is 23.1 Å². The molecule has 2 N–H and O–H groups in total. The number of benzene rings is 1. The molecule has 1 aromatic rings. The molecule has 1 fully saturated rings. The lowest BCUT2D eigenvalue weighted by atomic mass is 9.96. The van der Waals surface area contributed by atoms with E-state index in [0.717, 1.165) is 12.0 Å². The molecule has 1 aliphatic heterocycles. The highest BCUT2D eigenvalue weighted by Gasteiger charge is 2.35. The number of phenolic OH excluding ortho intramolecular Hbond substituents is 1. The van der Waals surface area contributed by atoms with E-state index in [0.29, 0.717) is 6.54 Å². The average molecular weight is 276 g/mol. The Hall–Kier alpha value is -2.04. The third-order valence-corrected chi connectivity index (χ3v) is 3.73. The lowest BCUT2D eigenvalue weighted by molar-refractivity contribution is -0.146. The third-order valence-electron chi connectivity index (χ3n) is 3.73. The summed E-state index contributed by atoms with van der Waals surface area (Å²) in [5.41, 5.74) is 0.816. The van der Waals surface area contributed by atoms with Gasteiger partial charge in [0.1, 0.15) is 11.8 Å². The SMILES string of the molecule is CCC(C)C1NC(=O)CN(Cc2cccc(O)c2)C1=O. The van der Waals surface area contributed by atoms with Crippen LogP contribution >= 0.6 is 0 Å². The molecule has 5 heteroatoms.